The van der Waals surface area contributed by atoms with Crippen LogP contribution in [0.2, 0.25) is 0 Å². The van der Waals surface area contributed by atoms with Gasteiger partial charge in [0, 0.05) is 18.2 Å². The van der Waals surface area contributed by atoms with Crippen molar-refractivity contribution < 1.29 is 22.7 Å². The van der Waals surface area contributed by atoms with E-state index in [1.54, 1.807) is 6.92 Å². The van der Waals surface area contributed by atoms with Crippen LogP contribution in [0, 0.1) is 0 Å². The van der Waals surface area contributed by atoms with Gasteiger partial charge in [-0.1, -0.05) is 36.4 Å². The van der Waals surface area contributed by atoms with E-state index in [0.717, 1.165) is 11.8 Å². The van der Waals surface area contributed by atoms with Crippen LogP contribution in [-0.4, -0.2) is 39.2 Å². The second-order valence-electron chi connectivity index (χ2n) is 5.77. The summed E-state index contributed by atoms with van der Waals surface area (Å²) >= 11 is 0. The van der Waals surface area contributed by atoms with Gasteiger partial charge in [-0.05, 0) is 30.7 Å². The Bertz CT molecular complexity index is 878. The molecule has 1 unspecified atom stereocenters. The van der Waals surface area contributed by atoms with Gasteiger partial charge < -0.3 is 10.1 Å². The number of carbonyl (C=O) groups is 2. The first-order chi connectivity index (χ1) is 12.3. The lowest BCUT2D eigenvalue weighted by atomic mass is 10.1. The number of benzene rings is 2. The van der Waals surface area contributed by atoms with Crippen LogP contribution in [0.25, 0.3) is 0 Å². The van der Waals surface area contributed by atoms with Gasteiger partial charge in [-0.3, -0.25) is 4.79 Å². The highest BCUT2D eigenvalue weighted by Gasteiger charge is 2.23. The molecule has 1 amide bonds. The summed E-state index contributed by atoms with van der Waals surface area (Å²) in [5.41, 5.74) is 1.03. The SMILES string of the molecule is CCOC(=O)C(Cc1ccccc1)NC(=O)c1cccc(S(C)(=O)=O)c1. The molecule has 0 fully saturated rings. The quantitative estimate of drug-likeness (QED) is 0.748. The van der Waals surface area contributed by atoms with E-state index < -0.39 is 27.8 Å². The second-order valence-corrected chi connectivity index (χ2v) is 7.78. The van der Waals surface area contributed by atoms with Crippen LogP contribution in [0.1, 0.15) is 22.8 Å². The number of carbonyl (C=O) groups excluding carboxylic acids is 2. The molecular formula is C19H21NO5S. The molecule has 1 N–H and O–H groups in total. The number of amides is 1. The lowest BCUT2D eigenvalue weighted by Gasteiger charge is -2.17. The van der Waals surface area contributed by atoms with Crippen molar-refractivity contribution in [3.63, 3.8) is 0 Å². The fourth-order valence-electron chi connectivity index (χ4n) is 2.40. The fraction of sp³-hybridized carbons (Fsp3) is 0.263. The molecule has 26 heavy (non-hydrogen) atoms. The average Bonchev–Trinajstić information content (AvgIpc) is 2.61. The van der Waals surface area contributed by atoms with Gasteiger partial charge >= 0.3 is 5.97 Å². The first-order valence-electron chi connectivity index (χ1n) is 8.13. The topological polar surface area (TPSA) is 89.5 Å². The Morgan fingerprint density at radius 2 is 1.77 bits per heavy atom. The zero-order chi connectivity index (χ0) is 19.2. The minimum Gasteiger partial charge on any atom is -0.464 e. The maximum Gasteiger partial charge on any atom is 0.328 e. The molecule has 0 saturated heterocycles. The molecule has 0 spiro atoms. The van der Waals surface area contributed by atoms with Gasteiger partial charge in [0.15, 0.2) is 9.84 Å². The molecule has 6 nitrogen and oxygen atoms in total. The highest BCUT2D eigenvalue weighted by Crippen LogP contribution is 2.12. The molecule has 1 atom stereocenters. The lowest BCUT2D eigenvalue weighted by Crippen LogP contribution is -2.43. The number of sulfone groups is 1. The molecule has 7 heteroatoms. The molecule has 2 aromatic rings. The summed E-state index contributed by atoms with van der Waals surface area (Å²) < 4.78 is 28.4. The summed E-state index contributed by atoms with van der Waals surface area (Å²) in [6, 6.07) is 14.1. The number of hydrogen-bond donors (Lipinski definition) is 1. The van der Waals surface area contributed by atoms with Crippen LogP contribution >= 0.6 is 0 Å². The van der Waals surface area contributed by atoms with Crippen molar-refractivity contribution in [1.82, 2.24) is 5.32 Å². The van der Waals surface area contributed by atoms with E-state index in [2.05, 4.69) is 5.32 Å². The number of rotatable bonds is 7. The minimum atomic E-state index is -3.43. The molecule has 2 rings (SSSR count). The van der Waals surface area contributed by atoms with E-state index in [9.17, 15) is 18.0 Å². The first-order valence-corrected chi connectivity index (χ1v) is 10.0. The van der Waals surface area contributed by atoms with Gasteiger partial charge in [0.1, 0.15) is 6.04 Å². The molecular weight excluding hydrogens is 354 g/mol. The molecule has 0 aliphatic heterocycles. The molecule has 0 radical (unpaired) electrons. The molecule has 0 aliphatic rings. The van der Waals surface area contributed by atoms with Crippen LogP contribution < -0.4 is 5.32 Å². The maximum absolute atomic E-state index is 12.5. The Kier molecular flexibility index (Phi) is 6.52. The lowest BCUT2D eigenvalue weighted by molar-refractivity contribution is -0.145. The Balaban J connectivity index is 2.21. The van der Waals surface area contributed by atoms with Crippen molar-refractivity contribution in [3.05, 3.63) is 65.7 Å². The van der Waals surface area contributed by atoms with Crippen molar-refractivity contribution in [2.75, 3.05) is 12.9 Å². The number of hydrogen-bond acceptors (Lipinski definition) is 5. The van der Waals surface area contributed by atoms with Crippen molar-refractivity contribution in [2.24, 2.45) is 0 Å². The van der Waals surface area contributed by atoms with Crippen molar-refractivity contribution in [1.29, 1.82) is 0 Å². The fourth-order valence-corrected chi connectivity index (χ4v) is 3.06. The molecule has 0 heterocycles. The van der Waals surface area contributed by atoms with Crippen molar-refractivity contribution in [2.45, 2.75) is 24.3 Å². The van der Waals surface area contributed by atoms with Gasteiger partial charge in [-0.15, -0.1) is 0 Å². The van der Waals surface area contributed by atoms with E-state index >= 15 is 0 Å². The summed E-state index contributed by atoms with van der Waals surface area (Å²) in [5, 5.41) is 2.64. The molecule has 138 valence electrons. The molecule has 2 aromatic carbocycles. The summed E-state index contributed by atoms with van der Waals surface area (Å²) in [5.74, 6) is -1.08. The molecule has 0 saturated carbocycles. The normalized spacial score (nSPS) is 12.2. The summed E-state index contributed by atoms with van der Waals surface area (Å²) in [6.45, 7) is 1.89. The third-order valence-electron chi connectivity index (χ3n) is 3.68. The second kappa shape index (κ2) is 8.62. The van der Waals surface area contributed by atoms with Gasteiger partial charge in [-0.2, -0.15) is 0 Å². The first kappa shape index (κ1) is 19.7. The standard InChI is InChI=1S/C19H21NO5S/c1-3-25-19(22)17(12-14-8-5-4-6-9-14)20-18(21)15-10-7-11-16(13-15)26(2,23)24/h4-11,13,17H,3,12H2,1-2H3,(H,20,21). The summed E-state index contributed by atoms with van der Waals surface area (Å²) in [7, 11) is -3.43. The molecule has 0 aliphatic carbocycles. The smallest absolute Gasteiger partial charge is 0.328 e. The monoisotopic (exact) mass is 375 g/mol. The molecule has 0 bridgehead atoms. The predicted octanol–water partition coefficient (Wildman–Crippen LogP) is 1.99. The van der Waals surface area contributed by atoms with Gasteiger partial charge in [0.2, 0.25) is 0 Å². The van der Waals surface area contributed by atoms with E-state index in [-0.39, 0.29) is 23.5 Å². The zero-order valence-corrected chi connectivity index (χ0v) is 15.5. The van der Waals surface area contributed by atoms with Crippen LogP contribution in [0.4, 0.5) is 0 Å². The maximum atomic E-state index is 12.5. The van der Waals surface area contributed by atoms with Crippen LogP contribution in [-0.2, 0) is 25.8 Å². The Labute approximate surface area is 153 Å². The van der Waals surface area contributed by atoms with Crippen LogP contribution in [0.3, 0.4) is 0 Å². The van der Waals surface area contributed by atoms with E-state index in [0.29, 0.717) is 0 Å². The van der Waals surface area contributed by atoms with Gasteiger partial charge in [0.05, 0.1) is 11.5 Å². The highest BCUT2D eigenvalue weighted by atomic mass is 32.2. The van der Waals surface area contributed by atoms with Crippen LogP contribution in [0.5, 0.6) is 0 Å². The van der Waals surface area contributed by atoms with Crippen LogP contribution in [0.15, 0.2) is 59.5 Å². The van der Waals surface area contributed by atoms with E-state index in [1.165, 1.54) is 24.3 Å². The third-order valence-corrected chi connectivity index (χ3v) is 4.79. The van der Waals surface area contributed by atoms with Crippen molar-refractivity contribution >= 4 is 21.7 Å². The third kappa shape index (κ3) is 5.42. The average molecular weight is 375 g/mol. The van der Waals surface area contributed by atoms with Gasteiger partial charge in [-0.25, -0.2) is 13.2 Å². The Morgan fingerprint density at radius 3 is 2.38 bits per heavy atom. The van der Waals surface area contributed by atoms with Gasteiger partial charge in [0.25, 0.3) is 5.91 Å². The minimum absolute atomic E-state index is 0.0425. The number of esters is 1. The molecule has 0 aromatic heterocycles. The Morgan fingerprint density at radius 1 is 1.08 bits per heavy atom. The van der Waals surface area contributed by atoms with E-state index in [1.807, 2.05) is 30.3 Å². The number of nitrogens with one attached hydrogen (secondary N) is 1. The predicted molar refractivity (Wildman–Crippen MR) is 97.6 cm³/mol. The largest absolute Gasteiger partial charge is 0.464 e. The van der Waals surface area contributed by atoms with Crippen molar-refractivity contribution in [3.8, 4) is 0 Å². The Hall–Kier alpha value is -2.67. The highest BCUT2D eigenvalue weighted by molar-refractivity contribution is 7.90. The number of ether oxygens (including phenoxy) is 1. The summed E-state index contributed by atoms with van der Waals surface area (Å²) in [4.78, 5) is 24.8. The zero-order valence-electron chi connectivity index (χ0n) is 14.6. The summed E-state index contributed by atoms with van der Waals surface area (Å²) in [6.07, 6.45) is 1.35. The van der Waals surface area contributed by atoms with E-state index in [4.69, 9.17) is 4.74 Å².